The molecule has 0 aliphatic heterocycles. The minimum atomic E-state index is 0.508. The highest BCUT2D eigenvalue weighted by atomic mass is 79.9. The number of rotatable bonds is 2. The number of aryl methyl sites for hydroxylation is 1. The minimum Gasteiger partial charge on any atom is -0.496 e. The molecule has 0 atom stereocenters. The molecule has 0 fully saturated rings. The first-order valence-electron chi connectivity index (χ1n) is 5.80. The third-order valence-electron chi connectivity index (χ3n) is 3.10. The Morgan fingerprint density at radius 2 is 1.82 bits per heavy atom. The van der Waals surface area contributed by atoms with Gasteiger partial charge in [-0.3, -0.25) is 0 Å². The summed E-state index contributed by atoms with van der Waals surface area (Å²) in [5, 5.41) is 2.41. The van der Waals surface area contributed by atoms with E-state index >= 15 is 0 Å². The van der Waals surface area contributed by atoms with E-state index in [9.17, 15) is 0 Å². The van der Waals surface area contributed by atoms with Gasteiger partial charge in [-0.2, -0.15) is 0 Å². The van der Waals surface area contributed by atoms with Crippen LogP contribution in [0.2, 0.25) is 0 Å². The number of halogens is 1. The van der Waals surface area contributed by atoms with E-state index in [0.29, 0.717) is 5.92 Å². The van der Waals surface area contributed by atoms with Crippen LogP contribution in [-0.4, -0.2) is 7.11 Å². The van der Waals surface area contributed by atoms with Crippen LogP contribution in [0.25, 0.3) is 10.8 Å². The zero-order chi connectivity index (χ0) is 12.6. The second-order valence-corrected chi connectivity index (χ2v) is 5.55. The Morgan fingerprint density at radius 3 is 2.41 bits per heavy atom. The Labute approximate surface area is 111 Å². The van der Waals surface area contributed by atoms with Gasteiger partial charge in [0, 0.05) is 9.86 Å². The monoisotopic (exact) mass is 292 g/mol. The van der Waals surface area contributed by atoms with Crippen molar-refractivity contribution in [1.82, 2.24) is 0 Å². The summed E-state index contributed by atoms with van der Waals surface area (Å²) in [7, 11) is 1.73. The van der Waals surface area contributed by atoms with Gasteiger partial charge in [-0.05, 0) is 47.6 Å². The van der Waals surface area contributed by atoms with E-state index in [0.717, 1.165) is 10.2 Å². The third kappa shape index (κ3) is 2.32. The molecule has 2 aromatic carbocycles. The van der Waals surface area contributed by atoms with Crippen LogP contribution >= 0.6 is 15.9 Å². The number of benzene rings is 2. The fourth-order valence-corrected chi connectivity index (χ4v) is 2.34. The van der Waals surface area contributed by atoms with Crippen LogP contribution in [0.1, 0.15) is 30.9 Å². The van der Waals surface area contributed by atoms with Crippen molar-refractivity contribution in [3.05, 3.63) is 39.9 Å². The number of ether oxygens (including phenoxy) is 1. The van der Waals surface area contributed by atoms with Gasteiger partial charge in [0.2, 0.25) is 0 Å². The van der Waals surface area contributed by atoms with Crippen molar-refractivity contribution < 1.29 is 4.74 Å². The van der Waals surface area contributed by atoms with Crippen molar-refractivity contribution >= 4 is 26.7 Å². The van der Waals surface area contributed by atoms with Gasteiger partial charge in [0.05, 0.1) is 7.11 Å². The summed E-state index contributed by atoms with van der Waals surface area (Å²) in [6.07, 6.45) is 0. The molecule has 0 saturated heterocycles. The summed E-state index contributed by atoms with van der Waals surface area (Å²) in [4.78, 5) is 0. The summed E-state index contributed by atoms with van der Waals surface area (Å²) >= 11 is 3.58. The van der Waals surface area contributed by atoms with Gasteiger partial charge in [0.15, 0.2) is 0 Å². The standard InChI is InChI=1S/C15H17BrO/c1-9(2)11-6-12-7-14(16)10(3)5-13(12)15(8-11)17-4/h5-9H,1-4H3. The van der Waals surface area contributed by atoms with Crippen LogP contribution < -0.4 is 4.74 Å². The molecule has 1 nitrogen and oxygen atoms in total. The lowest BCUT2D eigenvalue weighted by molar-refractivity contribution is 0.419. The first kappa shape index (κ1) is 12.4. The Hall–Kier alpha value is -1.02. The fraction of sp³-hybridized carbons (Fsp3) is 0.333. The van der Waals surface area contributed by atoms with E-state index in [1.165, 1.54) is 21.9 Å². The largest absolute Gasteiger partial charge is 0.496 e. The van der Waals surface area contributed by atoms with Gasteiger partial charge in [-0.15, -0.1) is 0 Å². The molecule has 0 bridgehead atoms. The average molecular weight is 293 g/mol. The molecule has 17 heavy (non-hydrogen) atoms. The quantitative estimate of drug-likeness (QED) is 0.753. The zero-order valence-corrected chi connectivity index (χ0v) is 12.3. The Bertz CT molecular complexity index is 558. The molecule has 90 valence electrons. The maximum Gasteiger partial charge on any atom is 0.126 e. The third-order valence-corrected chi connectivity index (χ3v) is 3.96. The summed E-state index contributed by atoms with van der Waals surface area (Å²) in [6, 6.07) is 8.72. The van der Waals surface area contributed by atoms with Crippen molar-refractivity contribution in [3.8, 4) is 5.75 Å². The van der Waals surface area contributed by atoms with Crippen LogP contribution in [-0.2, 0) is 0 Å². The molecule has 2 heteroatoms. The summed E-state index contributed by atoms with van der Waals surface area (Å²) < 4.78 is 6.64. The molecule has 0 aliphatic rings. The van der Waals surface area contributed by atoms with Crippen LogP contribution in [0.15, 0.2) is 28.7 Å². The number of hydrogen-bond donors (Lipinski definition) is 0. The van der Waals surface area contributed by atoms with Gasteiger partial charge in [0.1, 0.15) is 5.75 Å². The van der Waals surface area contributed by atoms with Crippen molar-refractivity contribution in [2.75, 3.05) is 7.11 Å². The normalized spacial score (nSPS) is 11.2. The van der Waals surface area contributed by atoms with E-state index in [-0.39, 0.29) is 0 Å². The van der Waals surface area contributed by atoms with Crippen LogP contribution in [0.5, 0.6) is 5.75 Å². The molecule has 0 aliphatic carbocycles. The second kappa shape index (κ2) is 4.69. The smallest absolute Gasteiger partial charge is 0.126 e. The van der Waals surface area contributed by atoms with Crippen LogP contribution in [0.4, 0.5) is 0 Å². The minimum absolute atomic E-state index is 0.508. The maximum absolute atomic E-state index is 5.50. The Balaban J connectivity index is 2.78. The average Bonchev–Trinajstić information content (AvgIpc) is 2.29. The summed E-state index contributed by atoms with van der Waals surface area (Å²) in [6.45, 7) is 6.49. The molecule has 2 rings (SSSR count). The number of fused-ring (bicyclic) bond motifs is 1. The van der Waals surface area contributed by atoms with Crippen LogP contribution in [0.3, 0.4) is 0 Å². The van der Waals surface area contributed by atoms with Crippen molar-refractivity contribution in [3.63, 3.8) is 0 Å². The van der Waals surface area contributed by atoms with Crippen molar-refractivity contribution in [2.24, 2.45) is 0 Å². The molecule has 0 amide bonds. The molecular weight excluding hydrogens is 276 g/mol. The SMILES string of the molecule is COc1cc(C(C)C)cc2cc(Br)c(C)cc12. The van der Waals surface area contributed by atoms with Gasteiger partial charge < -0.3 is 4.74 Å². The van der Waals surface area contributed by atoms with E-state index in [1.807, 2.05) is 0 Å². The molecule has 0 heterocycles. The molecule has 0 radical (unpaired) electrons. The van der Waals surface area contributed by atoms with Crippen molar-refractivity contribution in [1.29, 1.82) is 0 Å². The van der Waals surface area contributed by atoms with Gasteiger partial charge in [-0.25, -0.2) is 0 Å². The molecule has 0 spiro atoms. The molecule has 0 aromatic heterocycles. The lowest BCUT2D eigenvalue weighted by atomic mass is 9.97. The topological polar surface area (TPSA) is 9.23 Å². The van der Waals surface area contributed by atoms with Crippen molar-refractivity contribution in [2.45, 2.75) is 26.7 Å². The molecule has 0 N–H and O–H groups in total. The first-order valence-corrected chi connectivity index (χ1v) is 6.60. The molecule has 0 unspecified atom stereocenters. The fourth-order valence-electron chi connectivity index (χ4n) is 1.98. The highest BCUT2D eigenvalue weighted by molar-refractivity contribution is 9.10. The number of hydrogen-bond acceptors (Lipinski definition) is 1. The zero-order valence-electron chi connectivity index (χ0n) is 10.7. The predicted octanol–water partition coefficient (Wildman–Crippen LogP) is 5.04. The number of methoxy groups -OCH3 is 1. The molecule has 0 saturated carbocycles. The van der Waals surface area contributed by atoms with E-state index in [1.54, 1.807) is 7.11 Å². The lowest BCUT2D eigenvalue weighted by Gasteiger charge is -2.13. The highest BCUT2D eigenvalue weighted by Gasteiger charge is 2.09. The molecule has 2 aromatic rings. The van der Waals surface area contributed by atoms with Gasteiger partial charge >= 0.3 is 0 Å². The predicted molar refractivity (Wildman–Crippen MR) is 77.0 cm³/mol. The maximum atomic E-state index is 5.50. The first-order chi connectivity index (χ1) is 8.02. The summed E-state index contributed by atoms with van der Waals surface area (Å²) in [5.41, 5.74) is 2.54. The van der Waals surface area contributed by atoms with E-state index in [4.69, 9.17) is 4.74 Å². The second-order valence-electron chi connectivity index (χ2n) is 4.70. The van der Waals surface area contributed by atoms with Crippen LogP contribution in [0, 0.1) is 6.92 Å². The Kier molecular flexibility index (Phi) is 3.43. The highest BCUT2D eigenvalue weighted by Crippen LogP contribution is 2.33. The lowest BCUT2D eigenvalue weighted by Crippen LogP contribution is -1.92. The van der Waals surface area contributed by atoms with E-state index < -0.39 is 0 Å². The van der Waals surface area contributed by atoms with E-state index in [2.05, 4.69) is 61.0 Å². The Morgan fingerprint density at radius 1 is 1.12 bits per heavy atom. The summed E-state index contributed by atoms with van der Waals surface area (Å²) in [5.74, 6) is 1.47. The molecular formula is C15H17BrO. The van der Waals surface area contributed by atoms with Gasteiger partial charge in [0.25, 0.3) is 0 Å². The van der Waals surface area contributed by atoms with Gasteiger partial charge in [-0.1, -0.05) is 35.8 Å².